The number of nitrogens with zero attached hydrogens (tertiary/aromatic N) is 3. The lowest BCUT2D eigenvalue weighted by Gasteiger charge is -2.35. The minimum absolute atomic E-state index is 0.0250. The van der Waals surface area contributed by atoms with E-state index < -0.39 is 4.92 Å². The van der Waals surface area contributed by atoms with Crippen LogP contribution in [0.5, 0.6) is 0 Å². The van der Waals surface area contributed by atoms with Crippen LogP contribution >= 0.6 is 0 Å². The molecule has 1 aliphatic rings. The Hall–Kier alpha value is -1.69. The third-order valence-electron chi connectivity index (χ3n) is 3.40. The molecule has 1 aromatic heterocycles. The summed E-state index contributed by atoms with van der Waals surface area (Å²) >= 11 is 0. The summed E-state index contributed by atoms with van der Waals surface area (Å²) in [5, 5.41) is 13.9. The molecule has 2 atom stereocenters. The highest BCUT2D eigenvalue weighted by atomic mass is 16.6. The van der Waals surface area contributed by atoms with Crippen LogP contribution in [0.3, 0.4) is 0 Å². The molecule has 0 aliphatic carbocycles. The molecule has 2 unspecified atom stereocenters. The maximum Gasteiger partial charge on any atom is 0.287 e. The van der Waals surface area contributed by atoms with E-state index in [2.05, 4.69) is 29.2 Å². The molecule has 0 aromatic carbocycles. The summed E-state index contributed by atoms with van der Waals surface area (Å²) in [5.41, 5.74) is 0.0250. The molecule has 0 amide bonds. The maximum atomic E-state index is 10.5. The number of nitrogens with one attached hydrogen (secondary N) is 1. The first-order valence-corrected chi connectivity index (χ1v) is 6.12. The van der Waals surface area contributed by atoms with Crippen molar-refractivity contribution in [3.05, 3.63) is 28.4 Å². The lowest BCUT2D eigenvalue weighted by molar-refractivity contribution is -0.385. The number of anilines is 1. The van der Waals surface area contributed by atoms with Crippen LogP contribution in [0.1, 0.15) is 13.3 Å². The summed E-state index contributed by atoms with van der Waals surface area (Å²) < 4.78 is 0. The molecule has 0 bridgehead atoms. The molecule has 18 heavy (non-hydrogen) atoms. The van der Waals surface area contributed by atoms with Gasteiger partial charge in [0.25, 0.3) is 5.69 Å². The highest BCUT2D eigenvalue weighted by Crippen LogP contribution is 2.20. The smallest absolute Gasteiger partial charge is 0.287 e. The molecule has 1 N–H and O–H groups in total. The second-order valence-corrected chi connectivity index (χ2v) is 4.94. The quantitative estimate of drug-likeness (QED) is 0.653. The first-order valence-electron chi connectivity index (χ1n) is 6.12. The Bertz CT molecular complexity index is 421. The van der Waals surface area contributed by atoms with Crippen LogP contribution in [-0.4, -0.2) is 41.0 Å². The molecule has 1 aromatic rings. The van der Waals surface area contributed by atoms with Crippen molar-refractivity contribution in [1.82, 2.24) is 9.88 Å². The lowest BCUT2D eigenvalue weighted by atomic mass is 9.94. The normalized spacial score (nSPS) is 24.8. The van der Waals surface area contributed by atoms with Crippen molar-refractivity contribution in [2.24, 2.45) is 5.92 Å². The summed E-state index contributed by atoms with van der Waals surface area (Å²) in [5.74, 6) is 1.25. The number of aromatic nitrogens is 1. The number of hydrogen-bond acceptors (Lipinski definition) is 5. The van der Waals surface area contributed by atoms with Crippen LogP contribution in [0, 0.1) is 16.0 Å². The van der Waals surface area contributed by atoms with Crippen LogP contribution in [-0.2, 0) is 0 Å². The number of hydrogen-bond donors (Lipinski definition) is 1. The monoisotopic (exact) mass is 250 g/mol. The van der Waals surface area contributed by atoms with Crippen molar-refractivity contribution < 1.29 is 4.92 Å². The van der Waals surface area contributed by atoms with Crippen LogP contribution in [0.4, 0.5) is 11.5 Å². The van der Waals surface area contributed by atoms with E-state index in [9.17, 15) is 10.1 Å². The third kappa shape index (κ3) is 2.95. The van der Waals surface area contributed by atoms with Gasteiger partial charge in [0.15, 0.2) is 0 Å². The van der Waals surface area contributed by atoms with Gasteiger partial charge in [-0.15, -0.1) is 0 Å². The summed E-state index contributed by atoms with van der Waals surface area (Å²) in [4.78, 5) is 16.5. The standard InChI is InChI=1S/C12H18N4O2/c1-9-8-15(2)6-5-11(9)14-12-4-3-10(7-13-12)16(17)18/h3-4,7,9,11H,5-6,8H2,1-2H3,(H,13,14). The van der Waals surface area contributed by atoms with E-state index in [4.69, 9.17) is 0 Å². The largest absolute Gasteiger partial charge is 0.367 e. The second kappa shape index (κ2) is 5.30. The second-order valence-electron chi connectivity index (χ2n) is 4.94. The molecule has 2 heterocycles. The minimum Gasteiger partial charge on any atom is -0.367 e. The van der Waals surface area contributed by atoms with E-state index in [1.165, 1.54) is 12.3 Å². The highest BCUT2D eigenvalue weighted by Gasteiger charge is 2.24. The van der Waals surface area contributed by atoms with Gasteiger partial charge in [-0.2, -0.15) is 0 Å². The molecule has 0 saturated carbocycles. The molecular formula is C12H18N4O2. The first kappa shape index (κ1) is 12.8. The predicted octanol–water partition coefficient (Wildman–Crippen LogP) is 1.74. The van der Waals surface area contributed by atoms with Gasteiger partial charge in [0, 0.05) is 18.7 Å². The van der Waals surface area contributed by atoms with Gasteiger partial charge >= 0.3 is 0 Å². The van der Waals surface area contributed by atoms with Crippen molar-refractivity contribution in [1.29, 1.82) is 0 Å². The summed E-state index contributed by atoms with van der Waals surface area (Å²) in [6.07, 6.45) is 2.36. The van der Waals surface area contributed by atoms with Crippen LogP contribution in [0.15, 0.2) is 18.3 Å². The van der Waals surface area contributed by atoms with Gasteiger partial charge in [0.05, 0.1) is 4.92 Å². The predicted molar refractivity (Wildman–Crippen MR) is 69.6 cm³/mol. The summed E-state index contributed by atoms with van der Waals surface area (Å²) in [6.45, 7) is 4.33. The molecule has 98 valence electrons. The highest BCUT2D eigenvalue weighted by molar-refractivity contribution is 5.41. The Morgan fingerprint density at radius 2 is 2.33 bits per heavy atom. The van der Waals surface area contributed by atoms with Gasteiger partial charge in [0.2, 0.25) is 0 Å². The summed E-state index contributed by atoms with van der Waals surface area (Å²) in [6, 6.07) is 3.54. The van der Waals surface area contributed by atoms with Crippen molar-refractivity contribution >= 4 is 11.5 Å². The zero-order valence-electron chi connectivity index (χ0n) is 10.7. The van der Waals surface area contributed by atoms with Crippen molar-refractivity contribution in [2.45, 2.75) is 19.4 Å². The fourth-order valence-corrected chi connectivity index (χ4v) is 2.34. The van der Waals surface area contributed by atoms with E-state index in [1.54, 1.807) is 6.07 Å². The lowest BCUT2D eigenvalue weighted by Crippen LogP contribution is -2.43. The average Bonchev–Trinajstić information content (AvgIpc) is 2.33. The van der Waals surface area contributed by atoms with Gasteiger partial charge in [-0.05, 0) is 32.0 Å². The Balaban J connectivity index is 1.99. The Kier molecular flexibility index (Phi) is 3.76. The molecule has 0 spiro atoms. The van der Waals surface area contributed by atoms with Crippen molar-refractivity contribution in [3.63, 3.8) is 0 Å². The molecule has 0 radical (unpaired) electrons. The Morgan fingerprint density at radius 1 is 1.56 bits per heavy atom. The van der Waals surface area contributed by atoms with E-state index in [0.29, 0.717) is 17.8 Å². The summed E-state index contributed by atoms with van der Waals surface area (Å²) in [7, 11) is 2.12. The Morgan fingerprint density at radius 3 is 2.89 bits per heavy atom. The Labute approximate surface area is 106 Å². The number of piperidine rings is 1. The van der Waals surface area contributed by atoms with E-state index >= 15 is 0 Å². The van der Waals surface area contributed by atoms with Crippen LogP contribution in [0.25, 0.3) is 0 Å². The number of nitro groups is 1. The van der Waals surface area contributed by atoms with Gasteiger partial charge < -0.3 is 10.2 Å². The number of likely N-dealkylation sites (tertiary alicyclic amines) is 1. The minimum atomic E-state index is -0.436. The van der Waals surface area contributed by atoms with Crippen molar-refractivity contribution in [3.8, 4) is 0 Å². The molecule has 1 saturated heterocycles. The average molecular weight is 250 g/mol. The van der Waals surface area contributed by atoms with Crippen LogP contribution < -0.4 is 5.32 Å². The fourth-order valence-electron chi connectivity index (χ4n) is 2.34. The van der Waals surface area contributed by atoms with Crippen molar-refractivity contribution in [2.75, 3.05) is 25.5 Å². The van der Waals surface area contributed by atoms with Gasteiger partial charge in [-0.1, -0.05) is 6.92 Å². The molecular weight excluding hydrogens is 232 g/mol. The number of pyridine rings is 1. The van der Waals surface area contributed by atoms with Crippen LogP contribution in [0.2, 0.25) is 0 Å². The zero-order chi connectivity index (χ0) is 13.1. The molecule has 1 fully saturated rings. The third-order valence-corrected chi connectivity index (χ3v) is 3.40. The maximum absolute atomic E-state index is 10.5. The molecule has 6 nitrogen and oxygen atoms in total. The van der Waals surface area contributed by atoms with Gasteiger partial charge in [-0.25, -0.2) is 4.98 Å². The zero-order valence-corrected chi connectivity index (χ0v) is 10.7. The number of rotatable bonds is 3. The first-order chi connectivity index (χ1) is 8.56. The molecule has 2 rings (SSSR count). The van der Waals surface area contributed by atoms with E-state index in [1.807, 2.05) is 0 Å². The topological polar surface area (TPSA) is 71.3 Å². The fraction of sp³-hybridized carbons (Fsp3) is 0.583. The van der Waals surface area contributed by atoms with E-state index in [0.717, 1.165) is 19.5 Å². The molecule has 1 aliphatic heterocycles. The van der Waals surface area contributed by atoms with E-state index in [-0.39, 0.29) is 5.69 Å². The molecule has 6 heteroatoms. The van der Waals surface area contributed by atoms with Gasteiger partial charge in [0.1, 0.15) is 12.0 Å². The SMILES string of the molecule is CC1CN(C)CCC1Nc1ccc([N+](=O)[O-])cn1. The van der Waals surface area contributed by atoms with Gasteiger partial charge in [-0.3, -0.25) is 10.1 Å².